The summed E-state index contributed by atoms with van der Waals surface area (Å²) in [4.78, 5) is 11.5. The van der Waals surface area contributed by atoms with Crippen molar-refractivity contribution in [1.29, 1.82) is 0 Å². The number of aromatic nitrogens is 2. The van der Waals surface area contributed by atoms with Crippen LogP contribution in [0.4, 0.5) is 0 Å². The Bertz CT molecular complexity index is 866. The number of esters is 1. The van der Waals surface area contributed by atoms with E-state index in [4.69, 9.17) is 20.8 Å². The number of nitrogens with zero attached hydrogens (tertiary/aromatic N) is 2. The zero-order valence-corrected chi connectivity index (χ0v) is 14.3. The van der Waals surface area contributed by atoms with Gasteiger partial charge < -0.3 is 9.15 Å². The first-order valence-corrected chi connectivity index (χ1v) is 8.41. The molecule has 0 unspecified atom stereocenters. The summed E-state index contributed by atoms with van der Waals surface area (Å²) in [6, 6.07) is 14.5. The summed E-state index contributed by atoms with van der Waals surface area (Å²) in [5.74, 6) is 0.661. The zero-order valence-electron chi connectivity index (χ0n) is 12.7. The molecule has 0 atom stereocenters. The average molecular weight is 361 g/mol. The number of hydrogen-bond acceptors (Lipinski definition) is 6. The minimum Gasteiger partial charge on any atom is -0.465 e. The van der Waals surface area contributed by atoms with Gasteiger partial charge in [-0.1, -0.05) is 41.6 Å². The second-order valence-corrected chi connectivity index (χ2v) is 6.23. The summed E-state index contributed by atoms with van der Waals surface area (Å²) < 4.78 is 10.4. The van der Waals surface area contributed by atoms with E-state index in [9.17, 15) is 4.79 Å². The first kappa shape index (κ1) is 16.5. The lowest BCUT2D eigenvalue weighted by atomic mass is 10.1. The smallest absolute Gasteiger partial charge is 0.337 e. The van der Waals surface area contributed by atoms with E-state index in [-0.39, 0.29) is 5.97 Å². The number of hydrogen-bond donors (Lipinski definition) is 0. The fraction of sp³-hybridized carbons (Fsp3) is 0.118. The lowest BCUT2D eigenvalue weighted by Crippen LogP contribution is -2.01. The maximum atomic E-state index is 11.5. The molecule has 0 saturated carbocycles. The van der Waals surface area contributed by atoms with Gasteiger partial charge in [-0.2, -0.15) is 0 Å². The van der Waals surface area contributed by atoms with Crippen LogP contribution in [0.5, 0.6) is 0 Å². The molecular formula is C17H13ClN2O3S. The highest BCUT2D eigenvalue weighted by atomic mass is 35.5. The van der Waals surface area contributed by atoms with E-state index in [1.54, 1.807) is 24.3 Å². The molecule has 3 rings (SSSR count). The average Bonchev–Trinajstić information content (AvgIpc) is 3.08. The van der Waals surface area contributed by atoms with Crippen molar-refractivity contribution in [2.24, 2.45) is 0 Å². The van der Waals surface area contributed by atoms with Crippen LogP contribution in [0, 0.1) is 0 Å². The molecule has 0 saturated heterocycles. The Kier molecular flexibility index (Phi) is 5.17. The molecule has 1 aromatic heterocycles. The molecule has 0 aliphatic heterocycles. The number of ether oxygens (including phenoxy) is 1. The Hall–Kier alpha value is -2.31. The Morgan fingerprint density at radius 2 is 2.04 bits per heavy atom. The van der Waals surface area contributed by atoms with Crippen LogP contribution in [-0.2, 0) is 10.5 Å². The van der Waals surface area contributed by atoms with E-state index in [0.717, 1.165) is 11.1 Å². The molecule has 24 heavy (non-hydrogen) atoms. The van der Waals surface area contributed by atoms with Gasteiger partial charge in [-0.3, -0.25) is 0 Å². The third-order valence-corrected chi connectivity index (χ3v) is 4.31. The highest BCUT2D eigenvalue weighted by Crippen LogP contribution is 2.27. The molecule has 1 heterocycles. The van der Waals surface area contributed by atoms with Gasteiger partial charge in [-0.15, -0.1) is 10.2 Å². The fourth-order valence-corrected chi connectivity index (χ4v) is 2.95. The Morgan fingerprint density at radius 1 is 1.21 bits per heavy atom. The Labute approximate surface area is 148 Å². The topological polar surface area (TPSA) is 65.2 Å². The predicted octanol–water partition coefficient (Wildman–Crippen LogP) is 4.47. The molecule has 0 bridgehead atoms. The van der Waals surface area contributed by atoms with Gasteiger partial charge in [0.1, 0.15) is 0 Å². The van der Waals surface area contributed by atoms with E-state index >= 15 is 0 Å². The third-order valence-electron chi connectivity index (χ3n) is 3.19. The standard InChI is InChI=1S/C17H13ClN2O3S/c1-22-16(21)13-6-2-4-11(8-13)10-24-17-20-19-15(23-17)12-5-3-7-14(18)9-12/h2-9H,10H2,1H3. The van der Waals surface area contributed by atoms with Crippen molar-refractivity contribution in [2.45, 2.75) is 11.0 Å². The molecule has 7 heteroatoms. The maximum Gasteiger partial charge on any atom is 0.337 e. The predicted molar refractivity (Wildman–Crippen MR) is 92.1 cm³/mol. The van der Waals surface area contributed by atoms with Crippen LogP contribution >= 0.6 is 23.4 Å². The Morgan fingerprint density at radius 3 is 2.83 bits per heavy atom. The molecule has 3 aromatic rings. The number of rotatable bonds is 5. The van der Waals surface area contributed by atoms with Crippen LogP contribution in [-0.4, -0.2) is 23.3 Å². The molecule has 122 valence electrons. The van der Waals surface area contributed by atoms with E-state index in [1.165, 1.54) is 18.9 Å². The quantitative estimate of drug-likeness (QED) is 0.494. The van der Waals surface area contributed by atoms with Gasteiger partial charge in [0.2, 0.25) is 5.89 Å². The van der Waals surface area contributed by atoms with Crippen molar-refractivity contribution in [2.75, 3.05) is 7.11 Å². The lowest BCUT2D eigenvalue weighted by molar-refractivity contribution is 0.0600. The van der Waals surface area contributed by atoms with E-state index in [2.05, 4.69) is 10.2 Å². The summed E-state index contributed by atoms with van der Waals surface area (Å²) >= 11 is 7.36. The van der Waals surface area contributed by atoms with Gasteiger partial charge in [-0.25, -0.2) is 4.79 Å². The molecule has 0 fully saturated rings. The van der Waals surface area contributed by atoms with Gasteiger partial charge in [0, 0.05) is 16.3 Å². The summed E-state index contributed by atoms with van der Waals surface area (Å²) in [7, 11) is 1.36. The summed E-state index contributed by atoms with van der Waals surface area (Å²) in [5, 5.41) is 9.11. The number of methoxy groups -OCH3 is 1. The minimum atomic E-state index is -0.358. The van der Waals surface area contributed by atoms with Crippen molar-refractivity contribution in [1.82, 2.24) is 10.2 Å². The van der Waals surface area contributed by atoms with Gasteiger partial charge in [0.15, 0.2) is 0 Å². The number of thioether (sulfide) groups is 1. The van der Waals surface area contributed by atoms with Gasteiger partial charge >= 0.3 is 5.97 Å². The van der Waals surface area contributed by atoms with Gasteiger partial charge in [-0.05, 0) is 35.9 Å². The largest absolute Gasteiger partial charge is 0.465 e. The first-order chi connectivity index (χ1) is 11.7. The van der Waals surface area contributed by atoms with Crippen LogP contribution in [0.15, 0.2) is 58.2 Å². The molecule has 0 aliphatic rings. The van der Waals surface area contributed by atoms with E-state index < -0.39 is 0 Å². The van der Waals surface area contributed by atoms with Crippen LogP contribution < -0.4 is 0 Å². The summed E-state index contributed by atoms with van der Waals surface area (Å²) in [6.07, 6.45) is 0. The third kappa shape index (κ3) is 3.96. The van der Waals surface area contributed by atoms with Crippen molar-refractivity contribution < 1.29 is 13.9 Å². The van der Waals surface area contributed by atoms with Crippen LogP contribution in [0.25, 0.3) is 11.5 Å². The highest BCUT2D eigenvalue weighted by molar-refractivity contribution is 7.98. The first-order valence-electron chi connectivity index (χ1n) is 7.05. The molecular weight excluding hydrogens is 348 g/mol. The van der Waals surface area contributed by atoms with Crippen molar-refractivity contribution in [3.63, 3.8) is 0 Å². The summed E-state index contributed by atoms with van der Waals surface area (Å²) in [5.41, 5.74) is 2.25. The molecule has 0 amide bonds. The second kappa shape index (κ2) is 7.51. The molecule has 0 radical (unpaired) electrons. The molecule has 0 spiro atoms. The monoisotopic (exact) mass is 360 g/mol. The van der Waals surface area contributed by atoms with Crippen molar-refractivity contribution in [3.8, 4) is 11.5 Å². The maximum absolute atomic E-state index is 11.5. The van der Waals surface area contributed by atoms with Gasteiger partial charge in [0.25, 0.3) is 5.22 Å². The fourth-order valence-electron chi connectivity index (χ4n) is 2.06. The van der Waals surface area contributed by atoms with E-state index in [1.807, 2.05) is 24.3 Å². The van der Waals surface area contributed by atoms with Gasteiger partial charge in [0.05, 0.1) is 12.7 Å². The normalized spacial score (nSPS) is 10.6. The SMILES string of the molecule is COC(=O)c1cccc(CSc2nnc(-c3cccc(Cl)c3)o2)c1. The number of benzene rings is 2. The highest BCUT2D eigenvalue weighted by Gasteiger charge is 2.11. The second-order valence-electron chi connectivity index (χ2n) is 4.86. The molecule has 0 N–H and O–H groups in total. The minimum absolute atomic E-state index is 0.358. The van der Waals surface area contributed by atoms with Crippen LogP contribution in [0.2, 0.25) is 5.02 Å². The van der Waals surface area contributed by atoms with Crippen molar-refractivity contribution in [3.05, 3.63) is 64.7 Å². The molecule has 2 aromatic carbocycles. The van der Waals surface area contributed by atoms with Crippen molar-refractivity contribution >= 4 is 29.3 Å². The van der Waals surface area contributed by atoms with E-state index in [0.29, 0.717) is 27.5 Å². The number of carbonyl (C=O) groups is 1. The number of halogens is 1. The zero-order chi connectivity index (χ0) is 16.9. The van der Waals surface area contributed by atoms with Crippen LogP contribution in [0.1, 0.15) is 15.9 Å². The lowest BCUT2D eigenvalue weighted by Gasteiger charge is -2.02. The molecule has 5 nitrogen and oxygen atoms in total. The van der Waals surface area contributed by atoms with Crippen LogP contribution in [0.3, 0.4) is 0 Å². The summed E-state index contributed by atoms with van der Waals surface area (Å²) in [6.45, 7) is 0. The molecule has 0 aliphatic carbocycles. The number of carbonyl (C=O) groups excluding carboxylic acids is 1. The Balaban J connectivity index is 1.69.